The maximum Gasteiger partial charge on any atom is 0.238 e. The molecule has 1 saturated heterocycles. The maximum absolute atomic E-state index is 12.0. The van der Waals surface area contributed by atoms with Crippen LogP contribution >= 0.6 is 11.6 Å². The lowest BCUT2D eigenvalue weighted by atomic mass is 10.1. The molecule has 1 aliphatic rings. The Labute approximate surface area is 128 Å². The minimum absolute atomic E-state index is 0.175. The monoisotopic (exact) mass is 327 g/mol. The second kappa shape index (κ2) is 6.43. The van der Waals surface area contributed by atoms with E-state index >= 15 is 0 Å². The van der Waals surface area contributed by atoms with E-state index in [2.05, 4.69) is 0 Å². The Hall–Kier alpha value is -1.62. The number of amides is 1. The van der Waals surface area contributed by atoms with Gasteiger partial charge in [-0.1, -0.05) is 12.1 Å². The number of benzene rings is 1. The number of carbonyl (C=O) groups excluding carboxylic acids is 1. The third kappa shape index (κ3) is 3.73. The van der Waals surface area contributed by atoms with E-state index in [1.165, 1.54) is 0 Å². The van der Waals surface area contributed by atoms with Crippen LogP contribution in [-0.4, -0.2) is 48.4 Å². The van der Waals surface area contributed by atoms with Gasteiger partial charge >= 0.3 is 0 Å². The van der Waals surface area contributed by atoms with Gasteiger partial charge in [-0.3, -0.25) is 4.79 Å². The number of carbonyl (C=O) groups is 1. The molecule has 0 N–H and O–H groups in total. The summed E-state index contributed by atoms with van der Waals surface area (Å²) < 4.78 is 24.4. The molecule has 1 fully saturated rings. The van der Waals surface area contributed by atoms with Gasteiger partial charge in [-0.25, -0.2) is 8.42 Å². The summed E-state index contributed by atoms with van der Waals surface area (Å²) in [5.74, 6) is -0.251. The molecule has 1 aromatic rings. The van der Waals surface area contributed by atoms with Gasteiger partial charge in [0.2, 0.25) is 15.9 Å². The first-order valence-corrected chi connectivity index (χ1v) is 8.41. The highest BCUT2D eigenvalue weighted by atomic mass is 35.5. The molecule has 0 aliphatic carbocycles. The first-order chi connectivity index (χ1) is 9.96. The van der Waals surface area contributed by atoms with Crippen molar-refractivity contribution in [1.29, 1.82) is 5.26 Å². The number of halogens is 1. The van der Waals surface area contributed by atoms with Crippen LogP contribution in [0.25, 0.3) is 0 Å². The Morgan fingerprint density at radius 1 is 1.24 bits per heavy atom. The molecule has 1 heterocycles. The van der Waals surface area contributed by atoms with Crippen LogP contribution in [0.1, 0.15) is 11.1 Å². The van der Waals surface area contributed by atoms with E-state index in [0.717, 1.165) is 9.87 Å². The molecular weight excluding hydrogens is 314 g/mol. The number of hydrogen-bond donors (Lipinski definition) is 0. The molecule has 0 radical (unpaired) electrons. The molecule has 21 heavy (non-hydrogen) atoms. The minimum Gasteiger partial charge on any atom is -0.336 e. The number of sulfonamides is 1. The van der Waals surface area contributed by atoms with E-state index < -0.39 is 15.2 Å². The van der Waals surface area contributed by atoms with E-state index in [9.17, 15) is 13.2 Å². The molecule has 1 aliphatic heterocycles. The third-order valence-electron chi connectivity index (χ3n) is 3.27. The van der Waals surface area contributed by atoms with Crippen molar-refractivity contribution < 1.29 is 13.2 Å². The van der Waals surface area contributed by atoms with Gasteiger partial charge in [-0.2, -0.15) is 9.57 Å². The molecule has 0 atom stereocenters. The van der Waals surface area contributed by atoms with Crippen LogP contribution in [0, 0.1) is 11.3 Å². The number of hydrogen-bond acceptors (Lipinski definition) is 4. The van der Waals surface area contributed by atoms with Crippen LogP contribution < -0.4 is 0 Å². The Morgan fingerprint density at radius 3 is 2.43 bits per heavy atom. The van der Waals surface area contributed by atoms with Crippen LogP contribution in [0.5, 0.6) is 0 Å². The van der Waals surface area contributed by atoms with Crippen molar-refractivity contribution in [3.8, 4) is 6.07 Å². The fourth-order valence-electron chi connectivity index (χ4n) is 2.07. The van der Waals surface area contributed by atoms with Gasteiger partial charge in [0.05, 0.1) is 18.2 Å². The van der Waals surface area contributed by atoms with E-state index in [1.807, 2.05) is 6.07 Å². The van der Waals surface area contributed by atoms with Gasteiger partial charge in [0, 0.05) is 19.6 Å². The number of piperazine rings is 1. The Balaban J connectivity index is 2.01. The molecular formula is C13H14ClN3O3S. The van der Waals surface area contributed by atoms with Crippen molar-refractivity contribution in [2.75, 3.05) is 24.8 Å². The lowest BCUT2D eigenvalue weighted by Crippen LogP contribution is -2.51. The maximum atomic E-state index is 12.0. The zero-order valence-corrected chi connectivity index (χ0v) is 12.8. The lowest BCUT2D eigenvalue weighted by Gasteiger charge is -2.33. The van der Waals surface area contributed by atoms with Gasteiger partial charge in [-0.05, 0) is 17.7 Å². The fourth-order valence-corrected chi connectivity index (χ4v) is 3.28. The van der Waals surface area contributed by atoms with Crippen LogP contribution in [0.15, 0.2) is 24.3 Å². The van der Waals surface area contributed by atoms with Gasteiger partial charge in [0.25, 0.3) is 0 Å². The van der Waals surface area contributed by atoms with Crippen molar-refractivity contribution in [3.63, 3.8) is 0 Å². The van der Waals surface area contributed by atoms with Crippen molar-refractivity contribution in [1.82, 2.24) is 9.21 Å². The first kappa shape index (κ1) is 15.8. The summed E-state index contributed by atoms with van der Waals surface area (Å²) in [6.07, 6.45) is 0. The van der Waals surface area contributed by atoms with E-state index in [-0.39, 0.29) is 19.0 Å². The van der Waals surface area contributed by atoms with Crippen molar-refractivity contribution in [2.45, 2.75) is 6.54 Å². The molecule has 8 heteroatoms. The molecule has 0 bridgehead atoms. The standard InChI is InChI=1S/C13H14ClN3O3S/c14-10-21(19,20)17-6-5-16(13(18)9-17)8-12-3-1-11(7-15)2-4-12/h1-4H,5-6,8-10H2. The highest BCUT2D eigenvalue weighted by molar-refractivity contribution is 7.90. The molecule has 0 saturated carbocycles. The van der Waals surface area contributed by atoms with E-state index in [4.69, 9.17) is 16.9 Å². The number of nitrogens with zero attached hydrogens (tertiary/aromatic N) is 3. The minimum atomic E-state index is -3.54. The first-order valence-electron chi connectivity index (χ1n) is 6.27. The Kier molecular flexibility index (Phi) is 4.83. The summed E-state index contributed by atoms with van der Waals surface area (Å²) in [6, 6.07) is 8.98. The van der Waals surface area contributed by atoms with Crippen LogP contribution in [0.3, 0.4) is 0 Å². The third-order valence-corrected chi connectivity index (χ3v) is 5.47. The molecule has 1 amide bonds. The predicted molar refractivity (Wildman–Crippen MR) is 77.8 cm³/mol. The highest BCUT2D eigenvalue weighted by Crippen LogP contribution is 2.14. The Bertz CT molecular complexity index is 667. The second-order valence-electron chi connectivity index (χ2n) is 4.68. The summed E-state index contributed by atoms with van der Waals surface area (Å²) in [6.45, 7) is 0.802. The van der Waals surface area contributed by atoms with Gasteiger partial charge in [0.1, 0.15) is 5.21 Å². The second-order valence-corrected chi connectivity index (χ2v) is 7.23. The molecule has 112 valence electrons. The molecule has 0 aromatic heterocycles. The zero-order chi connectivity index (χ0) is 15.5. The average molecular weight is 328 g/mol. The number of rotatable bonds is 4. The van der Waals surface area contributed by atoms with Crippen molar-refractivity contribution >= 4 is 27.5 Å². The summed E-state index contributed by atoms with van der Waals surface area (Å²) in [7, 11) is -3.54. The van der Waals surface area contributed by atoms with E-state index in [1.54, 1.807) is 29.2 Å². The van der Waals surface area contributed by atoms with Crippen LogP contribution in [0.2, 0.25) is 0 Å². The SMILES string of the molecule is N#Cc1ccc(CN2CCN(S(=O)(=O)CCl)CC2=O)cc1. The van der Waals surface area contributed by atoms with Gasteiger partial charge < -0.3 is 4.90 Å². The molecule has 2 rings (SSSR count). The lowest BCUT2D eigenvalue weighted by molar-refractivity contribution is -0.134. The quantitative estimate of drug-likeness (QED) is 0.763. The topological polar surface area (TPSA) is 81.5 Å². The average Bonchev–Trinajstić information content (AvgIpc) is 2.50. The Morgan fingerprint density at radius 2 is 1.90 bits per heavy atom. The van der Waals surface area contributed by atoms with Crippen molar-refractivity contribution in [2.24, 2.45) is 0 Å². The molecule has 6 nitrogen and oxygen atoms in total. The fraction of sp³-hybridized carbons (Fsp3) is 0.385. The summed E-state index contributed by atoms with van der Waals surface area (Å²) in [4.78, 5) is 13.6. The van der Waals surface area contributed by atoms with E-state index in [0.29, 0.717) is 18.7 Å². The molecule has 0 spiro atoms. The smallest absolute Gasteiger partial charge is 0.238 e. The normalized spacial score (nSPS) is 16.8. The summed E-state index contributed by atoms with van der Waals surface area (Å²) in [5.41, 5.74) is 1.46. The number of alkyl halides is 1. The van der Waals surface area contributed by atoms with Gasteiger partial charge in [0.15, 0.2) is 0 Å². The van der Waals surface area contributed by atoms with Gasteiger partial charge in [-0.15, -0.1) is 11.6 Å². The van der Waals surface area contributed by atoms with Crippen molar-refractivity contribution in [3.05, 3.63) is 35.4 Å². The molecule has 1 aromatic carbocycles. The number of nitriles is 1. The molecule has 0 unspecified atom stereocenters. The van der Waals surface area contributed by atoms with Crippen LogP contribution in [-0.2, 0) is 21.4 Å². The summed E-state index contributed by atoms with van der Waals surface area (Å²) >= 11 is 5.39. The summed E-state index contributed by atoms with van der Waals surface area (Å²) in [5, 5.41) is 8.22. The zero-order valence-electron chi connectivity index (χ0n) is 11.2. The highest BCUT2D eigenvalue weighted by Gasteiger charge is 2.30. The largest absolute Gasteiger partial charge is 0.336 e. The predicted octanol–water partition coefficient (Wildman–Crippen LogP) is 0.729. The van der Waals surface area contributed by atoms with Crippen LogP contribution in [0.4, 0.5) is 0 Å².